The number of fused-ring (bicyclic) bond motifs is 3. The van der Waals surface area contributed by atoms with Crippen molar-refractivity contribution in [2.45, 2.75) is 0 Å². The van der Waals surface area contributed by atoms with Gasteiger partial charge in [0.25, 0.3) is 0 Å². The molecule has 3 heterocycles. The third-order valence-corrected chi connectivity index (χ3v) is 3.27. The molecule has 0 N–H and O–H groups in total. The second kappa shape index (κ2) is 3.15. The summed E-state index contributed by atoms with van der Waals surface area (Å²) in [6.07, 6.45) is 1.80. The quantitative estimate of drug-likeness (QED) is 0.641. The summed E-state index contributed by atoms with van der Waals surface area (Å²) in [6, 6.07) is 0. The van der Waals surface area contributed by atoms with Gasteiger partial charge >= 0.3 is 0 Å². The zero-order valence-corrected chi connectivity index (χ0v) is 10.1. The fourth-order valence-corrected chi connectivity index (χ4v) is 2.47. The molecule has 3 aromatic rings. The van der Waals surface area contributed by atoms with Crippen molar-refractivity contribution >= 4 is 38.5 Å². The van der Waals surface area contributed by atoms with Crippen molar-refractivity contribution in [3.05, 3.63) is 11.8 Å². The Labute approximate surface area is 96.4 Å². The summed E-state index contributed by atoms with van der Waals surface area (Å²) >= 11 is 1.56. The smallest absolute Gasteiger partial charge is 0.158 e. The molecule has 0 fully saturated rings. The maximum atomic E-state index is 4.58. The monoisotopic (exact) mass is 233 g/mol. The maximum Gasteiger partial charge on any atom is 0.158 e. The molecule has 5 nitrogen and oxygen atoms in total. The first-order chi connectivity index (χ1) is 7.68. The number of aryl methyl sites for hydroxylation is 1. The lowest BCUT2D eigenvalue weighted by molar-refractivity contribution is 0.949. The predicted octanol–water partition coefficient (Wildman–Crippen LogP) is 1.64. The van der Waals surface area contributed by atoms with Crippen molar-refractivity contribution in [2.24, 2.45) is 7.05 Å². The molecule has 0 amide bonds. The molecule has 0 bridgehead atoms. The number of rotatable bonds is 1. The highest BCUT2D eigenvalue weighted by Gasteiger charge is 2.15. The third-order valence-electron chi connectivity index (χ3n) is 2.55. The maximum absolute atomic E-state index is 4.58. The second-order valence-electron chi connectivity index (χ2n) is 3.89. The molecular weight excluding hydrogens is 222 g/mol. The van der Waals surface area contributed by atoms with Crippen LogP contribution in [0.2, 0.25) is 0 Å². The molecule has 0 aromatic carbocycles. The van der Waals surface area contributed by atoms with Gasteiger partial charge in [0, 0.05) is 21.1 Å². The minimum atomic E-state index is 0.896. The van der Waals surface area contributed by atoms with Gasteiger partial charge in [0.2, 0.25) is 0 Å². The first-order valence-electron chi connectivity index (χ1n) is 4.90. The minimum absolute atomic E-state index is 0.896. The van der Waals surface area contributed by atoms with E-state index in [1.165, 1.54) is 0 Å². The van der Waals surface area contributed by atoms with Crippen molar-refractivity contribution in [1.82, 2.24) is 19.5 Å². The van der Waals surface area contributed by atoms with Gasteiger partial charge in [-0.25, -0.2) is 15.0 Å². The van der Waals surface area contributed by atoms with Crippen LogP contribution in [0.15, 0.2) is 11.8 Å². The van der Waals surface area contributed by atoms with Gasteiger partial charge in [-0.05, 0) is 0 Å². The van der Waals surface area contributed by atoms with Gasteiger partial charge in [0.05, 0.1) is 11.8 Å². The summed E-state index contributed by atoms with van der Waals surface area (Å²) < 4.78 is 1.99. The number of imidazole rings is 1. The van der Waals surface area contributed by atoms with Gasteiger partial charge in [-0.3, -0.25) is 0 Å². The van der Waals surface area contributed by atoms with E-state index in [2.05, 4.69) is 15.0 Å². The third kappa shape index (κ3) is 1.13. The Morgan fingerprint density at radius 1 is 1.25 bits per heavy atom. The Bertz CT molecular complexity index is 666. The van der Waals surface area contributed by atoms with E-state index in [-0.39, 0.29) is 0 Å². The SMILES string of the molecule is CN(C)c1nc2scnc2c2c1ncn2C. The van der Waals surface area contributed by atoms with E-state index in [0.29, 0.717) is 0 Å². The molecule has 0 saturated carbocycles. The molecule has 0 saturated heterocycles. The summed E-state index contributed by atoms with van der Waals surface area (Å²) in [7, 11) is 5.93. The molecular formula is C10H11N5S. The average molecular weight is 233 g/mol. The Kier molecular flexibility index (Phi) is 1.88. The standard InChI is InChI=1S/C10H11N5S/c1-14(2)9-6-8(15(3)4-11-6)7-10(13-9)16-5-12-7/h4-5H,1-3H3. The van der Waals surface area contributed by atoms with E-state index in [1.54, 1.807) is 17.7 Å². The number of aromatic nitrogens is 4. The summed E-state index contributed by atoms with van der Waals surface area (Å²) in [6.45, 7) is 0. The van der Waals surface area contributed by atoms with Crippen LogP contribution in [0.1, 0.15) is 0 Å². The summed E-state index contributed by atoms with van der Waals surface area (Å²) in [5, 5.41) is 0. The first kappa shape index (κ1) is 9.53. The number of thiazole rings is 1. The Morgan fingerprint density at radius 2 is 2.06 bits per heavy atom. The summed E-state index contributed by atoms with van der Waals surface area (Å²) in [4.78, 5) is 16.3. The number of pyridine rings is 1. The van der Waals surface area contributed by atoms with Gasteiger partial charge in [0.15, 0.2) is 5.82 Å². The lowest BCUT2D eigenvalue weighted by Crippen LogP contribution is -2.11. The van der Waals surface area contributed by atoms with Crippen molar-refractivity contribution in [2.75, 3.05) is 19.0 Å². The Hall–Kier alpha value is -1.69. The molecule has 0 aliphatic heterocycles. The van der Waals surface area contributed by atoms with E-state index >= 15 is 0 Å². The van der Waals surface area contributed by atoms with Gasteiger partial charge in [-0.2, -0.15) is 0 Å². The van der Waals surface area contributed by atoms with E-state index in [1.807, 2.05) is 36.1 Å². The fourth-order valence-electron chi connectivity index (χ4n) is 1.82. The molecule has 0 aliphatic rings. The zero-order chi connectivity index (χ0) is 11.3. The molecule has 6 heteroatoms. The highest BCUT2D eigenvalue weighted by Crippen LogP contribution is 2.30. The van der Waals surface area contributed by atoms with Crippen LogP contribution in [0, 0.1) is 0 Å². The lowest BCUT2D eigenvalue weighted by atomic mass is 10.3. The minimum Gasteiger partial charge on any atom is -0.361 e. The van der Waals surface area contributed by atoms with Gasteiger partial charge < -0.3 is 9.47 Å². The van der Waals surface area contributed by atoms with Crippen LogP contribution in [-0.2, 0) is 7.05 Å². The molecule has 3 aromatic heterocycles. The normalized spacial score (nSPS) is 11.4. The molecule has 0 radical (unpaired) electrons. The van der Waals surface area contributed by atoms with Crippen LogP contribution in [0.3, 0.4) is 0 Å². The number of anilines is 1. The Morgan fingerprint density at radius 3 is 2.81 bits per heavy atom. The first-order valence-corrected chi connectivity index (χ1v) is 5.78. The van der Waals surface area contributed by atoms with E-state index in [4.69, 9.17) is 0 Å². The largest absolute Gasteiger partial charge is 0.361 e. The molecule has 0 spiro atoms. The van der Waals surface area contributed by atoms with Crippen molar-refractivity contribution in [3.8, 4) is 0 Å². The highest BCUT2D eigenvalue weighted by molar-refractivity contribution is 7.16. The van der Waals surface area contributed by atoms with E-state index in [9.17, 15) is 0 Å². The molecule has 0 atom stereocenters. The van der Waals surface area contributed by atoms with Crippen LogP contribution in [0.5, 0.6) is 0 Å². The molecule has 16 heavy (non-hydrogen) atoms. The second-order valence-corrected chi connectivity index (χ2v) is 4.72. The van der Waals surface area contributed by atoms with Crippen LogP contribution in [0.25, 0.3) is 21.4 Å². The van der Waals surface area contributed by atoms with Gasteiger partial charge in [-0.15, -0.1) is 11.3 Å². The number of hydrogen-bond acceptors (Lipinski definition) is 5. The topological polar surface area (TPSA) is 46.8 Å². The van der Waals surface area contributed by atoms with Gasteiger partial charge in [-0.1, -0.05) is 0 Å². The van der Waals surface area contributed by atoms with Crippen LogP contribution < -0.4 is 4.90 Å². The van der Waals surface area contributed by atoms with Crippen molar-refractivity contribution in [1.29, 1.82) is 0 Å². The average Bonchev–Trinajstić information content (AvgIpc) is 2.82. The number of nitrogens with zero attached hydrogens (tertiary/aromatic N) is 5. The highest BCUT2D eigenvalue weighted by atomic mass is 32.1. The molecule has 0 aliphatic carbocycles. The molecule has 3 rings (SSSR count). The molecule has 0 unspecified atom stereocenters. The van der Waals surface area contributed by atoms with Crippen molar-refractivity contribution < 1.29 is 0 Å². The fraction of sp³-hybridized carbons (Fsp3) is 0.300. The van der Waals surface area contributed by atoms with Crippen LogP contribution in [-0.4, -0.2) is 33.6 Å². The predicted molar refractivity (Wildman–Crippen MR) is 66.0 cm³/mol. The van der Waals surface area contributed by atoms with E-state index < -0.39 is 0 Å². The van der Waals surface area contributed by atoms with E-state index in [0.717, 1.165) is 27.2 Å². The Balaban J connectivity index is 2.57. The van der Waals surface area contributed by atoms with Gasteiger partial charge in [0.1, 0.15) is 21.4 Å². The van der Waals surface area contributed by atoms with Crippen LogP contribution >= 0.6 is 11.3 Å². The number of hydrogen-bond donors (Lipinski definition) is 0. The summed E-state index contributed by atoms with van der Waals surface area (Å²) in [5.41, 5.74) is 4.72. The molecule has 82 valence electrons. The zero-order valence-electron chi connectivity index (χ0n) is 9.30. The van der Waals surface area contributed by atoms with Crippen LogP contribution in [0.4, 0.5) is 5.82 Å². The lowest BCUT2D eigenvalue weighted by Gasteiger charge is -2.11. The summed E-state index contributed by atoms with van der Waals surface area (Å²) in [5.74, 6) is 0.896. The van der Waals surface area contributed by atoms with Crippen molar-refractivity contribution in [3.63, 3.8) is 0 Å².